The molecule has 24 heavy (non-hydrogen) atoms. The van der Waals surface area contributed by atoms with Crippen molar-refractivity contribution in [3.8, 4) is 0 Å². The van der Waals surface area contributed by atoms with Crippen molar-refractivity contribution in [1.29, 1.82) is 0 Å². The quantitative estimate of drug-likeness (QED) is 0.391. The van der Waals surface area contributed by atoms with Crippen molar-refractivity contribution >= 4 is 0 Å². The van der Waals surface area contributed by atoms with Gasteiger partial charge in [-0.3, -0.25) is 0 Å². The second kappa shape index (κ2) is 15.4. The summed E-state index contributed by atoms with van der Waals surface area (Å²) in [6, 6.07) is 0. The molecule has 0 aromatic rings. The maximum absolute atomic E-state index is 5.32. The molecule has 0 aliphatic heterocycles. The third-order valence-electron chi connectivity index (χ3n) is 3.32. The molecule has 0 bridgehead atoms. The van der Waals surface area contributed by atoms with Crippen LogP contribution in [0, 0.1) is 10.8 Å². The lowest BCUT2D eigenvalue weighted by molar-refractivity contribution is 0.0679. The summed E-state index contributed by atoms with van der Waals surface area (Å²) in [6.45, 7) is 27.7. The molecule has 0 aliphatic rings. The summed E-state index contributed by atoms with van der Waals surface area (Å²) in [6.07, 6.45) is 10.2. The van der Waals surface area contributed by atoms with E-state index in [0.29, 0.717) is 0 Å². The first-order valence-electron chi connectivity index (χ1n) is 9.27. The highest BCUT2D eigenvalue weighted by Crippen LogP contribution is 2.38. The average molecular weight is 337 g/mol. The summed E-state index contributed by atoms with van der Waals surface area (Å²) < 4.78 is 5.32. The molecule has 0 atom stereocenters. The van der Waals surface area contributed by atoms with Crippen LogP contribution < -0.4 is 0 Å². The number of methoxy groups -OCH3 is 1. The van der Waals surface area contributed by atoms with Crippen molar-refractivity contribution < 1.29 is 4.74 Å². The minimum atomic E-state index is 0.192. The molecule has 0 amide bonds. The number of hydrogen-bond acceptors (Lipinski definition) is 1. The smallest absolute Gasteiger partial charge is 0.0513 e. The Bertz CT molecular complexity index is 381. The van der Waals surface area contributed by atoms with E-state index >= 15 is 0 Å². The lowest BCUT2D eigenvalue weighted by Gasteiger charge is -2.35. The Morgan fingerprint density at radius 3 is 1.75 bits per heavy atom. The monoisotopic (exact) mass is 336 g/mol. The Balaban J connectivity index is -0.00000102. The van der Waals surface area contributed by atoms with Gasteiger partial charge in [-0.05, 0) is 36.2 Å². The van der Waals surface area contributed by atoms with Gasteiger partial charge >= 0.3 is 0 Å². The van der Waals surface area contributed by atoms with E-state index in [4.69, 9.17) is 4.74 Å². The van der Waals surface area contributed by atoms with E-state index in [2.05, 4.69) is 59.9 Å². The first-order chi connectivity index (χ1) is 11.2. The van der Waals surface area contributed by atoms with Crippen LogP contribution in [0.25, 0.3) is 0 Å². The average Bonchev–Trinajstić information content (AvgIpc) is 2.53. The van der Waals surface area contributed by atoms with Crippen molar-refractivity contribution in [3.63, 3.8) is 0 Å². The highest BCUT2D eigenvalue weighted by molar-refractivity contribution is 5.28. The maximum Gasteiger partial charge on any atom is 0.0513 e. The van der Waals surface area contributed by atoms with Crippen molar-refractivity contribution in [2.24, 2.45) is 10.8 Å². The lowest BCUT2D eigenvalue weighted by atomic mass is 9.72. The number of allylic oxidation sites excluding steroid dienone is 6. The summed E-state index contributed by atoms with van der Waals surface area (Å²) in [7, 11) is 1.77. The molecule has 0 rings (SSSR count). The van der Waals surface area contributed by atoms with Gasteiger partial charge in [0.2, 0.25) is 0 Å². The summed E-state index contributed by atoms with van der Waals surface area (Å²) >= 11 is 0. The number of ether oxygens (including phenoxy) is 1. The van der Waals surface area contributed by atoms with E-state index in [1.807, 2.05) is 39.8 Å². The van der Waals surface area contributed by atoms with Gasteiger partial charge in [-0.1, -0.05) is 98.4 Å². The van der Waals surface area contributed by atoms with Gasteiger partial charge < -0.3 is 4.74 Å². The number of rotatable bonds is 9. The SMILES string of the molecule is C=C/C(=C\C=C(/C)C=C)CC(C)(C)CC(C)(C)COC.CC.CC. The van der Waals surface area contributed by atoms with Crippen LogP contribution in [-0.2, 0) is 4.74 Å². The third kappa shape index (κ3) is 15.8. The zero-order valence-corrected chi connectivity index (χ0v) is 18.3. The first kappa shape index (κ1) is 27.8. The van der Waals surface area contributed by atoms with E-state index in [0.717, 1.165) is 19.4 Å². The minimum absolute atomic E-state index is 0.192. The molecule has 0 fully saturated rings. The van der Waals surface area contributed by atoms with Crippen LogP contribution in [0.5, 0.6) is 0 Å². The predicted octanol–water partition coefficient (Wildman–Crippen LogP) is 7.76. The molecule has 1 heteroatoms. The van der Waals surface area contributed by atoms with Crippen LogP contribution in [0.15, 0.2) is 48.6 Å². The predicted molar refractivity (Wildman–Crippen MR) is 114 cm³/mol. The second-order valence-corrected chi connectivity index (χ2v) is 7.18. The molecule has 0 saturated carbocycles. The first-order valence-corrected chi connectivity index (χ1v) is 9.27. The molecule has 0 N–H and O–H groups in total. The van der Waals surface area contributed by atoms with Crippen LogP contribution in [0.2, 0.25) is 0 Å². The Morgan fingerprint density at radius 2 is 1.38 bits per heavy atom. The van der Waals surface area contributed by atoms with E-state index in [9.17, 15) is 0 Å². The summed E-state index contributed by atoms with van der Waals surface area (Å²) in [4.78, 5) is 0. The van der Waals surface area contributed by atoms with Gasteiger partial charge in [-0.15, -0.1) is 0 Å². The zero-order chi connectivity index (χ0) is 19.8. The summed E-state index contributed by atoms with van der Waals surface area (Å²) in [5, 5.41) is 0. The molecule has 0 spiro atoms. The molecular formula is C23H44O. The highest BCUT2D eigenvalue weighted by atomic mass is 16.5. The van der Waals surface area contributed by atoms with Crippen molar-refractivity contribution in [2.75, 3.05) is 13.7 Å². The fraction of sp³-hybridized carbons (Fsp3) is 0.652. The fourth-order valence-electron chi connectivity index (χ4n) is 2.86. The van der Waals surface area contributed by atoms with Gasteiger partial charge in [0, 0.05) is 7.11 Å². The molecule has 0 aliphatic carbocycles. The maximum atomic E-state index is 5.32. The fourth-order valence-corrected chi connectivity index (χ4v) is 2.86. The molecule has 0 aromatic carbocycles. The lowest BCUT2D eigenvalue weighted by Crippen LogP contribution is -2.27. The van der Waals surface area contributed by atoms with Gasteiger partial charge in [-0.2, -0.15) is 0 Å². The van der Waals surface area contributed by atoms with Crippen LogP contribution in [-0.4, -0.2) is 13.7 Å². The van der Waals surface area contributed by atoms with Crippen molar-refractivity contribution in [2.45, 2.75) is 75.2 Å². The van der Waals surface area contributed by atoms with E-state index in [1.165, 1.54) is 11.1 Å². The van der Waals surface area contributed by atoms with Crippen LogP contribution >= 0.6 is 0 Å². The molecule has 0 radical (unpaired) electrons. The molecule has 0 aromatic heterocycles. The molecule has 0 unspecified atom stereocenters. The standard InChI is InChI=1S/C19H32O.2C2H6/c1-9-16(3)11-12-17(10-2)13-18(4,5)14-19(6,7)15-20-8;2*1-2/h9-12H,1-2,13-15H2,3-8H3;2*1-2H3/b16-11+,17-12+;;. The van der Waals surface area contributed by atoms with Crippen LogP contribution in [0.3, 0.4) is 0 Å². The third-order valence-corrected chi connectivity index (χ3v) is 3.32. The van der Waals surface area contributed by atoms with Crippen molar-refractivity contribution in [3.05, 3.63) is 48.6 Å². The van der Waals surface area contributed by atoms with Crippen LogP contribution in [0.4, 0.5) is 0 Å². The Hall–Kier alpha value is -1.08. The second-order valence-electron chi connectivity index (χ2n) is 7.18. The van der Waals surface area contributed by atoms with E-state index in [1.54, 1.807) is 7.11 Å². The minimum Gasteiger partial charge on any atom is -0.384 e. The van der Waals surface area contributed by atoms with Gasteiger partial charge in [-0.25, -0.2) is 0 Å². The van der Waals surface area contributed by atoms with E-state index in [-0.39, 0.29) is 10.8 Å². The molecule has 0 heterocycles. The molecule has 0 saturated heterocycles. The molecular weight excluding hydrogens is 292 g/mol. The highest BCUT2D eigenvalue weighted by Gasteiger charge is 2.29. The normalized spacial score (nSPS) is 12.4. The van der Waals surface area contributed by atoms with Gasteiger partial charge in [0.05, 0.1) is 6.61 Å². The Morgan fingerprint density at radius 1 is 0.875 bits per heavy atom. The topological polar surface area (TPSA) is 9.23 Å². The van der Waals surface area contributed by atoms with Crippen molar-refractivity contribution in [1.82, 2.24) is 0 Å². The largest absolute Gasteiger partial charge is 0.384 e. The number of hydrogen-bond donors (Lipinski definition) is 0. The summed E-state index contributed by atoms with van der Waals surface area (Å²) in [5.74, 6) is 0. The van der Waals surface area contributed by atoms with Crippen LogP contribution in [0.1, 0.15) is 75.2 Å². The molecule has 1 nitrogen and oxygen atoms in total. The van der Waals surface area contributed by atoms with Gasteiger partial charge in [0.15, 0.2) is 0 Å². The molecule has 142 valence electrons. The van der Waals surface area contributed by atoms with E-state index < -0.39 is 0 Å². The Labute approximate surface area is 153 Å². The van der Waals surface area contributed by atoms with Gasteiger partial charge in [0.1, 0.15) is 0 Å². The zero-order valence-electron chi connectivity index (χ0n) is 18.3. The van der Waals surface area contributed by atoms with Gasteiger partial charge in [0.25, 0.3) is 0 Å². The summed E-state index contributed by atoms with van der Waals surface area (Å²) in [5.41, 5.74) is 2.85. The Kier molecular flexibility index (Phi) is 17.9.